The number of rotatable bonds is 2. The Balaban J connectivity index is 1.95. The fourth-order valence-corrected chi connectivity index (χ4v) is 3.82. The van der Waals surface area contributed by atoms with E-state index in [2.05, 4.69) is 0 Å². The zero-order valence-electron chi connectivity index (χ0n) is 13.1. The quantitative estimate of drug-likeness (QED) is 0.598. The highest BCUT2D eigenvalue weighted by Crippen LogP contribution is 2.65. The molecule has 5 heteroatoms. The van der Waals surface area contributed by atoms with Crippen LogP contribution in [0, 0.1) is 29.4 Å². The summed E-state index contributed by atoms with van der Waals surface area (Å²) < 4.78 is 70.6. The molecule has 23 heavy (non-hydrogen) atoms. The van der Waals surface area contributed by atoms with E-state index in [0.29, 0.717) is 12.8 Å². The fraction of sp³-hybridized carbons (Fsp3) is 0.556. The lowest BCUT2D eigenvalue weighted by Gasteiger charge is -2.57. The zero-order valence-corrected chi connectivity index (χ0v) is 13.1. The van der Waals surface area contributed by atoms with E-state index in [1.165, 1.54) is 38.1 Å². The minimum Gasteiger partial charge on any atom is -0.240 e. The Morgan fingerprint density at radius 2 is 1.65 bits per heavy atom. The van der Waals surface area contributed by atoms with Crippen molar-refractivity contribution in [3.8, 4) is 0 Å². The standard InChI is InChI=1S/C18H19F5/c1-11-3-4-12(14(20)13(11)19)5-6-17-9-7-16(2,8-10-17)18(22,23)15(17)21/h3-6,15H,7-10H2,1-2H3/b6-5+. The van der Waals surface area contributed by atoms with Crippen LogP contribution in [-0.2, 0) is 0 Å². The average molecular weight is 330 g/mol. The molecule has 4 rings (SSSR count). The molecule has 3 saturated carbocycles. The third-order valence-corrected chi connectivity index (χ3v) is 5.81. The van der Waals surface area contributed by atoms with Crippen molar-refractivity contribution in [3.05, 3.63) is 41.0 Å². The van der Waals surface area contributed by atoms with Gasteiger partial charge in [-0.05, 0) is 38.2 Å². The van der Waals surface area contributed by atoms with Crippen molar-refractivity contribution in [2.24, 2.45) is 10.8 Å². The van der Waals surface area contributed by atoms with Gasteiger partial charge in [0, 0.05) is 16.4 Å². The van der Waals surface area contributed by atoms with Crippen molar-refractivity contribution in [1.82, 2.24) is 0 Å². The highest BCUT2D eigenvalue weighted by atomic mass is 19.3. The molecule has 0 amide bonds. The van der Waals surface area contributed by atoms with Crippen molar-refractivity contribution in [2.75, 3.05) is 0 Å². The Morgan fingerprint density at radius 1 is 1.04 bits per heavy atom. The Morgan fingerprint density at radius 3 is 2.26 bits per heavy atom. The van der Waals surface area contributed by atoms with Gasteiger partial charge in [0.05, 0.1) is 0 Å². The van der Waals surface area contributed by atoms with Crippen LogP contribution in [0.25, 0.3) is 6.08 Å². The molecule has 126 valence electrons. The summed E-state index contributed by atoms with van der Waals surface area (Å²) in [6.45, 7) is 2.87. The summed E-state index contributed by atoms with van der Waals surface area (Å²) in [7, 11) is 0. The average Bonchev–Trinajstić information content (AvgIpc) is 2.52. The summed E-state index contributed by atoms with van der Waals surface area (Å²) in [6, 6.07) is 2.79. The molecule has 1 aromatic rings. The maximum atomic E-state index is 14.5. The first kappa shape index (κ1) is 16.5. The summed E-state index contributed by atoms with van der Waals surface area (Å²) in [5.74, 6) is -5.40. The summed E-state index contributed by atoms with van der Waals surface area (Å²) in [6.07, 6.45) is 1.34. The number of hydrogen-bond donors (Lipinski definition) is 0. The van der Waals surface area contributed by atoms with Gasteiger partial charge in [-0.15, -0.1) is 0 Å². The van der Waals surface area contributed by atoms with Crippen LogP contribution in [0.15, 0.2) is 18.2 Å². The minimum atomic E-state index is -3.40. The van der Waals surface area contributed by atoms with Gasteiger partial charge in [0.15, 0.2) is 17.8 Å². The van der Waals surface area contributed by atoms with Gasteiger partial charge in [-0.25, -0.2) is 22.0 Å². The van der Waals surface area contributed by atoms with Crippen LogP contribution in [0.2, 0.25) is 0 Å². The molecule has 3 fully saturated rings. The number of alkyl halides is 3. The van der Waals surface area contributed by atoms with Gasteiger partial charge in [-0.3, -0.25) is 0 Å². The number of aryl methyl sites for hydroxylation is 1. The van der Waals surface area contributed by atoms with Gasteiger partial charge in [0.25, 0.3) is 5.92 Å². The second kappa shape index (κ2) is 5.05. The van der Waals surface area contributed by atoms with Gasteiger partial charge < -0.3 is 0 Å². The molecule has 1 atom stereocenters. The van der Waals surface area contributed by atoms with Crippen LogP contribution < -0.4 is 0 Å². The fourth-order valence-electron chi connectivity index (χ4n) is 3.82. The topological polar surface area (TPSA) is 0 Å². The molecule has 0 radical (unpaired) electrons. The first-order valence-electron chi connectivity index (χ1n) is 7.79. The largest absolute Gasteiger partial charge is 0.284 e. The van der Waals surface area contributed by atoms with E-state index < -0.39 is 34.6 Å². The molecule has 3 aliphatic rings. The second-order valence-corrected chi connectivity index (χ2v) is 7.21. The summed E-state index contributed by atoms with van der Waals surface area (Å²) in [5.41, 5.74) is -2.48. The molecule has 0 nitrogen and oxygen atoms in total. The molecule has 0 heterocycles. The van der Waals surface area contributed by atoms with E-state index in [9.17, 15) is 22.0 Å². The highest BCUT2D eigenvalue weighted by Gasteiger charge is 2.69. The zero-order chi connectivity index (χ0) is 17.0. The first-order valence-corrected chi connectivity index (χ1v) is 7.79. The van der Waals surface area contributed by atoms with E-state index in [-0.39, 0.29) is 24.0 Å². The number of hydrogen-bond acceptors (Lipinski definition) is 0. The van der Waals surface area contributed by atoms with E-state index in [1.54, 1.807) is 0 Å². The van der Waals surface area contributed by atoms with Crippen molar-refractivity contribution in [1.29, 1.82) is 0 Å². The molecule has 0 spiro atoms. The first-order chi connectivity index (χ1) is 10.6. The third-order valence-electron chi connectivity index (χ3n) is 5.81. The van der Waals surface area contributed by atoms with E-state index >= 15 is 0 Å². The molecule has 0 saturated heterocycles. The van der Waals surface area contributed by atoms with Gasteiger partial charge >= 0.3 is 0 Å². The lowest BCUT2D eigenvalue weighted by atomic mass is 9.51. The highest BCUT2D eigenvalue weighted by molar-refractivity contribution is 5.52. The Bertz CT molecular complexity index is 654. The monoisotopic (exact) mass is 330 g/mol. The molecule has 0 N–H and O–H groups in total. The third kappa shape index (κ3) is 2.23. The van der Waals surface area contributed by atoms with Crippen molar-refractivity contribution < 1.29 is 22.0 Å². The molecule has 3 aliphatic carbocycles. The summed E-state index contributed by atoms with van der Waals surface area (Å²) in [4.78, 5) is 0. The molecule has 2 bridgehead atoms. The van der Waals surface area contributed by atoms with Crippen molar-refractivity contribution >= 4 is 6.08 Å². The van der Waals surface area contributed by atoms with Crippen molar-refractivity contribution in [2.45, 2.75) is 51.6 Å². The SMILES string of the molecule is Cc1ccc(/C=C/C23CCC(C)(CC2)C(F)(F)C3F)c(F)c1F. The van der Waals surface area contributed by atoms with Crippen LogP contribution in [-0.4, -0.2) is 12.1 Å². The molecule has 1 aromatic carbocycles. The van der Waals surface area contributed by atoms with Crippen LogP contribution in [0.3, 0.4) is 0 Å². The van der Waals surface area contributed by atoms with E-state index in [0.717, 1.165) is 0 Å². The molecule has 0 aromatic heterocycles. The Labute approximate surface area is 132 Å². The Kier molecular flexibility index (Phi) is 3.62. The van der Waals surface area contributed by atoms with Gasteiger partial charge in [0.2, 0.25) is 0 Å². The lowest BCUT2D eigenvalue weighted by Crippen LogP contribution is -2.61. The van der Waals surface area contributed by atoms with Crippen LogP contribution in [0.5, 0.6) is 0 Å². The summed E-state index contributed by atoms with van der Waals surface area (Å²) >= 11 is 0. The lowest BCUT2D eigenvalue weighted by molar-refractivity contribution is -0.251. The number of fused-ring (bicyclic) bond motifs is 3. The van der Waals surface area contributed by atoms with Gasteiger partial charge in [0.1, 0.15) is 0 Å². The maximum Gasteiger partial charge on any atom is 0.284 e. The van der Waals surface area contributed by atoms with E-state index in [4.69, 9.17) is 0 Å². The van der Waals surface area contributed by atoms with Crippen LogP contribution >= 0.6 is 0 Å². The minimum absolute atomic E-state index is 0.0445. The predicted molar refractivity (Wildman–Crippen MR) is 79.0 cm³/mol. The smallest absolute Gasteiger partial charge is 0.240 e. The van der Waals surface area contributed by atoms with E-state index in [1.807, 2.05) is 0 Å². The predicted octanol–water partition coefficient (Wildman–Crippen LogP) is 5.84. The summed E-state index contributed by atoms with van der Waals surface area (Å²) in [5, 5.41) is 0. The van der Waals surface area contributed by atoms with Gasteiger partial charge in [-0.2, -0.15) is 0 Å². The van der Waals surface area contributed by atoms with Gasteiger partial charge in [-0.1, -0.05) is 31.2 Å². The number of halogens is 5. The maximum absolute atomic E-state index is 14.5. The molecule has 0 aliphatic heterocycles. The Hall–Kier alpha value is -1.39. The van der Waals surface area contributed by atoms with Crippen LogP contribution in [0.1, 0.15) is 43.7 Å². The van der Waals surface area contributed by atoms with Crippen LogP contribution in [0.4, 0.5) is 22.0 Å². The number of benzene rings is 1. The molecule has 1 unspecified atom stereocenters. The normalized spacial score (nSPS) is 35.9. The molecular weight excluding hydrogens is 311 g/mol. The second-order valence-electron chi connectivity index (χ2n) is 7.21. The molecular formula is C18H19F5. The number of allylic oxidation sites excluding steroid dienone is 1. The van der Waals surface area contributed by atoms with Crippen molar-refractivity contribution in [3.63, 3.8) is 0 Å².